The molecule has 158 valence electrons. The number of ether oxygens (including phenoxy) is 1. The van der Waals surface area contributed by atoms with Gasteiger partial charge in [0.2, 0.25) is 5.88 Å². The SMILES string of the molecule is CN=C(NCc1ccc(OCC2CC2)nc1)NCc1cccc(C(F)(F)F)c1.I. The molecule has 1 aliphatic carbocycles. The van der Waals surface area contributed by atoms with Gasteiger partial charge in [-0.1, -0.05) is 18.2 Å². The molecule has 5 nitrogen and oxygen atoms in total. The van der Waals surface area contributed by atoms with Crippen molar-refractivity contribution in [1.82, 2.24) is 15.6 Å². The Balaban J connectivity index is 0.00000300. The van der Waals surface area contributed by atoms with Crippen LogP contribution in [0, 0.1) is 5.92 Å². The molecule has 0 saturated heterocycles. The van der Waals surface area contributed by atoms with Crippen molar-refractivity contribution >= 4 is 29.9 Å². The maximum atomic E-state index is 12.8. The molecular formula is C20H24F3IN4O. The van der Waals surface area contributed by atoms with Crippen molar-refractivity contribution in [3.05, 3.63) is 59.3 Å². The summed E-state index contributed by atoms with van der Waals surface area (Å²) in [5.41, 5.74) is 0.808. The van der Waals surface area contributed by atoms with E-state index in [-0.39, 0.29) is 30.5 Å². The van der Waals surface area contributed by atoms with Crippen LogP contribution in [0.3, 0.4) is 0 Å². The van der Waals surface area contributed by atoms with Crippen molar-refractivity contribution in [2.75, 3.05) is 13.7 Å². The van der Waals surface area contributed by atoms with Gasteiger partial charge in [-0.3, -0.25) is 4.99 Å². The second-order valence-corrected chi connectivity index (χ2v) is 6.74. The first kappa shape index (κ1) is 23.2. The summed E-state index contributed by atoms with van der Waals surface area (Å²) in [4.78, 5) is 8.37. The molecule has 2 aromatic rings. The Morgan fingerprint density at radius 1 is 1.14 bits per heavy atom. The standard InChI is InChI=1S/C20H23F3N4O.HI/c1-24-19(26-10-15-3-2-4-17(9-15)20(21,22)23)27-12-16-7-8-18(25-11-16)28-13-14-5-6-14;/h2-4,7-9,11,14H,5-6,10,12-13H2,1H3,(H2,24,26,27);1H. The topological polar surface area (TPSA) is 58.5 Å². The first-order valence-corrected chi connectivity index (χ1v) is 9.12. The Hall–Kier alpha value is -2.04. The van der Waals surface area contributed by atoms with E-state index in [9.17, 15) is 13.2 Å². The summed E-state index contributed by atoms with van der Waals surface area (Å²) < 4.78 is 44.0. The third-order valence-electron chi connectivity index (χ3n) is 4.36. The number of nitrogens with zero attached hydrogens (tertiary/aromatic N) is 2. The Morgan fingerprint density at radius 2 is 1.86 bits per heavy atom. The summed E-state index contributed by atoms with van der Waals surface area (Å²) in [5, 5.41) is 6.13. The minimum atomic E-state index is -4.35. The Labute approximate surface area is 185 Å². The molecule has 0 atom stereocenters. The number of nitrogens with one attached hydrogen (secondary N) is 2. The number of aromatic nitrogens is 1. The van der Waals surface area contributed by atoms with E-state index in [0.717, 1.165) is 24.3 Å². The number of aliphatic imine (C=N–C) groups is 1. The van der Waals surface area contributed by atoms with Gasteiger partial charge in [0.25, 0.3) is 0 Å². The summed E-state index contributed by atoms with van der Waals surface area (Å²) in [7, 11) is 1.61. The van der Waals surface area contributed by atoms with Gasteiger partial charge < -0.3 is 15.4 Å². The summed E-state index contributed by atoms with van der Waals surface area (Å²) in [6.45, 7) is 1.44. The van der Waals surface area contributed by atoms with Crippen LogP contribution in [0.2, 0.25) is 0 Å². The lowest BCUT2D eigenvalue weighted by Crippen LogP contribution is -2.36. The molecule has 1 heterocycles. The monoisotopic (exact) mass is 520 g/mol. The van der Waals surface area contributed by atoms with Crippen LogP contribution in [-0.4, -0.2) is 24.6 Å². The highest BCUT2D eigenvalue weighted by Crippen LogP contribution is 2.30. The number of hydrogen-bond acceptors (Lipinski definition) is 3. The summed E-state index contributed by atoms with van der Waals surface area (Å²) >= 11 is 0. The van der Waals surface area contributed by atoms with E-state index >= 15 is 0 Å². The Bertz CT molecular complexity index is 808. The predicted octanol–water partition coefficient (Wildman–Crippen LogP) is 4.37. The Morgan fingerprint density at radius 3 is 2.45 bits per heavy atom. The number of benzene rings is 1. The minimum Gasteiger partial charge on any atom is -0.477 e. The van der Waals surface area contributed by atoms with Gasteiger partial charge in [0, 0.05) is 32.4 Å². The first-order chi connectivity index (χ1) is 13.4. The zero-order chi connectivity index (χ0) is 20.0. The number of pyridine rings is 1. The van der Waals surface area contributed by atoms with Crippen LogP contribution < -0.4 is 15.4 Å². The van der Waals surface area contributed by atoms with Gasteiger partial charge in [-0.15, -0.1) is 24.0 Å². The maximum absolute atomic E-state index is 12.8. The second-order valence-electron chi connectivity index (χ2n) is 6.74. The number of hydrogen-bond donors (Lipinski definition) is 2. The van der Waals surface area contributed by atoms with E-state index in [2.05, 4.69) is 20.6 Å². The van der Waals surface area contributed by atoms with Crippen molar-refractivity contribution in [2.45, 2.75) is 32.1 Å². The van der Waals surface area contributed by atoms with Gasteiger partial charge >= 0.3 is 6.18 Å². The van der Waals surface area contributed by atoms with E-state index in [1.54, 1.807) is 19.3 Å². The van der Waals surface area contributed by atoms with Gasteiger partial charge in [0.15, 0.2) is 5.96 Å². The van der Waals surface area contributed by atoms with Gasteiger partial charge in [-0.05, 0) is 42.0 Å². The molecule has 0 spiro atoms. The van der Waals surface area contributed by atoms with E-state index in [1.807, 2.05) is 12.1 Å². The fourth-order valence-corrected chi connectivity index (χ4v) is 2.54. The van der Waals surface area contributed by atoms with E-state index in [0.29, 0.717) is 29.9 Å². The molecule has 2 N–H and O–H groups in total. The molecule has 3 rings (SSSR count). The number of guanidine groups is 1. The summed E-state index contributed by atoms with van der Waals surface area (Å²) in [5.74, 6) is 1.78. The van der Waals surface area contributed by atoms with Crippen LogP contribution in [0.4, 0.5) is 13.2 Å². The van der Waals surface area contributed by atoms with E-state index < -0.39 is 11.7 Å². The zero-order valence-corrected chi connectivity index (χ0v) is 18.3. The van der Waals surface area contributed by atoms with E-state index in [1.165, 1.54) is 18.9 Å². The van der Waals surface area contributed by atoms with Crippen molar-refractivity contribution in [3.63, 3.8) is 0 Å². The fraction of sp³-hybridized carbons (Fsp3) is 0.400. The molecule has 1 aromatic heterocycles. The third-order valence-corrected chi connectivity index (χ3v) is 4.36. The molecule has 1 saturated carbocycles. The molecule has 0 unspecified atom stereocenters. The van der Waals surface area contributed by atoms with Gasteiger partial charge in [0.05, 0.1) is 12.2 Å². The average molecular weight is 520 g/mol. The van der Waals surface area contributed by atoms with Crippen LogP contribution >= 0.6 is 24.0 Å². The summed E-state index contributed by atoms with van der Waals surface area (Å²) in [6, 6.07) is 8.97. The second kappa shape index (κ2) is 10.7. The molecule has 0 radical (unpaired) electrons. The molecule has 1 aliphatic rings. The zero-order valence-electron chi connectivity index (χ0n) is 16.0. The highest BCUT2D eigenvalue weighted by Gasteiger charge is 2.30. The van der Waals surface area contributed by atoms with Crippen LogP contribution in [0.5, 0.6) is 5.88 Å². The van der Waals surface area contributed by atoms with Crippen LogP contribution in [-0.2, 0) is 19.3 Å². The lowest BCUT2D eigenvalue weighted by Gasteiger charge is -2.13. The smallest absolute Gasteiger partial charge is 0.416 e. The van der Waals surface area contributed by atoms with Crippen LogP contribution in [0.15, 0.2) is 47.6 Å². The summed E-state index contributed by atoms with van der Waals surface area (Å²) in [6.07, 6.45) is -0.157. The molecule has 0 aliphatic heterocycles. The van der Waals surface area contributed by atoms with Crippen molar-refractivity contribution < 1.29 is 17.9 Å². The Kier molecular flexibility index (Phi) is 8.54. The molecule has 1 aromatic carbocycles. The maximum Gasteiger partial charge on any atom is 0.416 e. The number of alkyl halides is 3. The quantitative estimate of drug-likeness (QED) is 0.324. The predicted molar refractivity (Wildman–Crippen MR) is 116 cm³/mol. The van der Waals surface area contributed by atoms with Gasteiger partial charge in [-0.25, -0.2) is 4.98 Å². The number of halogens is 4. The van der Waals surface area contributed by atoms with Gasteiger partial charge in [-0.2, -0.15) is 13.2 Å². The molecule has 0 bridgehead atoms. The lowest BCUT2D eigenvalue weighted by molar-refractivity contribution is -0.137. The van der Waals surface area contributed by atoms with Crippen LogP contribution in [0.25, 0.3) is 0 Å². The molecular weight excluding hydrogens is 496 g/mol. The number of rotatable bonds is 7. The fourth-order valence-electron chi connectivity index (χ4n) is 2.54. The average Bonchev–Trinajstić information content (AvgIpc) is 3.51. The molecule has 0 amide bonds. The van der Waals surface area contributed by atoms with Crippen molar-refractivity contribution in [3.8, 4) is 5.88 Å². The molecule has 1 fully saturated rings. The van der Waals surface area contributed by atoms with Crippen molar-refractivity contribution in [2.24, 2.45) is 10.9 Å². The van der Waals surface area contributed by atoms with Crippen molar-refractivity contribution in [1.29, 1.82) is 0 Å². The van der Waals surface area contributed by atoms with Gasteiger partial charge in [0.1, 0.15) is 0 Å². The largest absolute Gasteiger partial charge is 0.477 e. The highest BCUT2D eigenvalue weighted by atomic mass is 127. The first-order valence-electron chi connectivity index (χ1n) is 9.12. The minimum absolute atomic E-state index is 0. The lowest BCUT2D eigenvalue weighted by atomic mass is 10.1. The molecule has 9 heteroatoms. The van der Waals surface area contributed by atoms with Crippen LogP contribution in [0.1, 0.15) is 29.5 Å². The highest BCUT2D eigenvalue weighted by molar-refractivity contribution is 14.0. The van der Waals surface area contributed by atoms with E-state index in [4.69, 9.17) is 4.74 Å². The third kappa shape index (κ3) is 7.71. The molecule has 29 heavy (non-hydrogen) atoms. The normalized spacial score (nSPS) is 14.1.